The Kier molecular flexibility index (Phi) is 9.53. The average molecular weight is 477 g/mol. The van der Waals surface area contributed by atoms with E-state index in [4.69, 9.17) is 25.8 Å². The molecule has 2 aromatic rings. The molecule has 7 nitrogen and oxygen atoms in total. The molecule has 33 heavy (non-hydrogen) atoms. The van der Waals surface area contributed by atoms with E-state index in [0.717, 1.165) is 16.9 Å². The fourth-order valence-electron chi connectivity index (χ4n) is 3.62. The number of hydrogen-bond acceptors (Lipinski definition) is 7. The first-order valence-electron chi connectivity index (χ1n) is 10.7. The largest absolute Gasteiger partial charge is 0.491 e. The van der Waals surface area contributed by atoms with Crippen molar-refractivity contribution in [1.29, 1.82) is 0 Å². The van der Waals surface area contributed by atoms with Crippen LogP contribution in [0.4, 0.5) is 0 Å². The van der Waals surface area contributed by atoms with Crippen LogP contribution in [-0.4, -0.2) is 71.3 Å². The number of aliphatic hydroxyl groups is 4. The van der Waals surface area contributed by atoms with Crippen molar-refractivity contribution >= 4 is 11.6 Å². The minimum Gasteiger partial charge on any atom is -0.491 e. The number of aliphatic hydroxyl groups excluding tert-OH is 4. The van der Waals surface area contributed by atoms with Gasteiger partial charge in [0.25, 0.3) is 0 Å². The van der Waals surface area contributed by atoms with Crippen LogP contribution in [-0.2, 0) is 15.9 Å². The minimum absolute atomic E-state index is 0.391. The highest BCUT2D eigenvalue weighted by Gasteiger charge is 2.44. The molecular weight excluding hydrogens is 448 g/mol. The first kappa shape index (κ1) is 25.5. The minimum atomic E-state index is -1.43. The Bertz CT molecular complexity index is 951. The van der Waals surface area contributed by atoms with E-state index in [2.05, 4.69) is 11.8 Å². The van der Waals surface area contributed by atoms with Crippen molar-refractivity contribution in [3.05, 3.63) is 64.2 Å². The highest BCUT2D eigenvalue weighted by Crippen LogP contribution is 2.34. The molecule has 4 N–H and O–H groups in total. The monoisotopic (exact) mass is 476 g/mol. The zero-order valence-corrected chi connectivity index (χ0v) is 19.1. The van der Waals surface area contributed by atoms with Gasteiger partial charge in [0.1, 0.15) is 49.5 Å². The fourth-order valence-corrected chi connectivity index (χ4v) is 3.81. The topological polar surface area (TPSA) is 109 Å². The maximum absolute atomic E-state index is 10.4. The van der Waals surface area contributed by atoms with Gasteiger partial charge >= 0.3 is 0 Å². The van der Waals surface area contributed by atoms with Gasteiger partial charge in [0.2, 0.25) is 0 Å². The molecule has 0 aliphatic carbocycles. The Labute approximate surface area is 198 Å². The lowest BCUT2D eigenvalue weighted by atomic mass is 9.90. The quantitative estimate of drug-likeness (QED) is 0.323. The molecule has 1 saturated heterocycles. The van der Waals surface area contributed by atoms with E-state index < -0.39 is 37.1 Å². The lowest BCUT2D eigenvalue weighted by molar-refractivity contribution is -0.231. The standard InChI is InChI=1S/C25H29ClO7/c1-2-3-10-31-11-12-32-19-7-4-16(5-8-19)13-18-14-17(6-9-20(18)26)25-24(30)23(29)22(28)21(15-27)33-25/h4-9,14,21-25,27-30H,10-13,15H2,1H3/t21-,22-,23+,24-,25-/m1/s1. The lowest BCUT2D eigenvalue weighted by Gasteiger charge is -2.40. The van der Waals surface area contributed by atoms with Crippen molar-refractivity contribution in [2.24, 2.45) is 0 Å². The first-order valence-corrected chi connectivity index (χ1v) is 11.1. The van der Waals surface area contributed by atoms with Crippen LogP contribution in [0.15, 0.2) is 42.5 Å². The summed E-state index contributed by atoms with van der Waals surface area (Å²) >= 11 is 6.40. The van der Waals surface area contributed by atoms with Crippen molar-refractivity contribution in [2.75, 3.05) is 26.4 Å². The van der Waals surface area contributed by atoms with Crippen LogP contribution >= 0.6 is 11.6 Å². The van der Waals surface area contributed by atoms with Gasteiger partial charge < -0.3 is 34.6 Å². The van der Waals surface area contributed by atoms with Gasteiger partial charge in [-0.15, -0.1) is 5.92 Å². The molecule has 5 atom stereocenters. The Morgan fingerprint density at radius 3 is 2.45 bits per heavy atom. The molecule has 1 fully saturated rings. The van der Waals surface area contributed by atoms with E-state index in [1.54, 1.807) is 25.1 Å². The predicted molar refractivity (Wildman–Crippen MR) is 123 cm³/mol. The molecule has 1 aliphatic heterocycles. The van der Waals surface area contributed by atoms with Gasteiger partial charge in [0.15, 0.2) is 0 Å². The van der Waals surface area contributed by atoms with Crippen molar-refractivity contribution < 1.29 is 34.6 Å². The summed E-state index contributed by atoms with van der Waals surface area (Å²) in [5.74, 6) is 6.31. The zero-order valence-electron chi connectivity index (χ0n) is 18.4. The molecule has 3 rings (SSSR count). The van der Waals surface area contributed by atoms with E-state index in [9.17, 15) is 20.4 Å². The third-order valence-corrected chi connectivity index (χ3v) is 5.82. The third kappa shape index (κ3) is 6.69. The molecule has 0 spiro atoms. The highest BCUT2D eigenvalue weighted by molar-refractivity contribution is 6.31. The van der Waals surface area contributed by atoms with Crippen molar-refractivity contribution in [2.45, 2.75) is 43.9 Å². The van der Waals surface area contributed by atoms with Crippen molar-refractivity contribution in [3.63, 3.8) is 0 Å². The fraction of sp³-hybridized carbons (Fsp3) is 0.440. The van der Waals surface area contributed by atoms with Gasteiger partial charge in [-0.1, -0.05) is 41.8 Å². The summed E-state index contributed by atoms with van der Waals surface area (Å²) in [6.45, 7) is 2.56. The zero-order chi connectivity index (χ0) is 23.8. The average Bonchev–Trinajstić information content (AvgIpc) is 2.82. The summed E-state index contributed by atoms with van der Waals surface area (Å²) in [6.07, 6.45) is -5.51. The molecule has 0 unspecified atom stereocenters. The summed E-state index contributed by atoms with van der Waals surface area (Å²) in [6, 6.07) is 12.8. The number of ether oxygens (including phenoxy) is 3. The van der Waals surface area contributed by atoms with E-state index in [0.29, 0.717) is 36.8 Å². The van der Waals surface area contributed by atoms with E-state index >= 15 is 0 Å². The second-order valence-electron chi connectivity index (χ2n) is 7.75. The Morgan fingerprint density at radius 1 is 1.00 bits per heavy atom. The van der Waals surface area contributed by atoms with Crippen LogP contribution in [0.25, 0.3) is 0 Å². The lowest BCUT2D eigenvalue weighted by Crippen LogP contribution is -2.55. The van der Waals surface area contributed by atoms with E-state index in [1.165, 1.54) is 0 Å². The van der Waals surface area contributed by atoms with Gasteiger partial charge in [-0.2, -0.15) is 0 Å². The molecule has 1 aliphatic rings. The molecular formula is C25H29ClO7. The molecule has 0 radical (unpaired) electrons. The van der Waals surface area contributed by atoms with E-state index in [-0.39, 0.29) is 0 Å². The van der Waals surface area contributed by atoms with Gasteiger partial charge in [-0.3, -0.25) is 0 Å². The maximum atomic E-state index is 10.4. The maximum Gasteiger partial charge on any atom is 0.119 e. The summed E-state index contributed by atoms with van der Waals surface area (Å²) < 4.78 is 16.6. The summed E-state index contributed by atoms with van der Waals surface area (Å²) in [5.41, 5.74) is 2.41. The van der Waals surface area contributed by atoms with Gasteiger partial charge in [-0.25, -0.2) is 0 Å². The molecule has 0 saturated carbocycles. The summed E-state index contributed by atoms with van der Waals surface area (Å²) in [5, 5.41) is 40.5. The molecule has 0 bridgehead atoms. The number of hydrogen-bond donors (Lipinski definition) is 4. The molecule has 0 amide bonds. The summed E-state index contributed by atoms with van der Waals surface area (Å²) in [4.78, 5) is 0. The normalized spacial score (nSPS) is 24.7. The number of rotatable bonds is 9. The smallest absolute Gasteiger partial charge is 0.119 e. The molecule has 178 valence electrons. The molecule has 0 aromatic heterocycles. The Balaban J connectivity index is 1.64. The SMILES string of the molecule is CC#CCOCCOc1ccc(Cc2cc([C@H]3O[C@H](CO)[C@@H](O)[C@H](O)[C@H]3O)ccc2Cl)cc1. The van der Waals surface area contributed by atoms with Crippen LogP contribution in [0.5, 0.6) is 5.75 Å². The molecule has 1 heterocycles. The molecule has 8 heteroatoms. The first-order chi connectivity index (χ1) is 15.9. The Morgan fingerprint density at radius 2 is 1.76 bits per heavy atom. The predicted octanol–water partition coefficient (Wildman–Crippen LogP) is 1.86. The van der Waals surface area contributed by atoms with E-state index in [1.807, 2.05) is 24.3 Å². The second kappa shape index (κ2) is 12.4. The van der Waals surface area contributed by atoms with Crippen molar-refractivity contribution in [1.82, 2.24) is 0 Å². The van der Waals surface area contributed by atoms with Gasteiger partial charge in [0, 0.05) is 5.02 Å². The van der Waals surface area contributed by atoms with Gasteiger partial charge in [-0.05, 0) is 48.2 Å². The van der Waals surface area contributed by atoms with Crippen LogP contribution in [0, 0.1) is 11.8 Å². The van der Waals surface area contributed by atoms with Crippen molar-refractivity contribution in [3.8, 4) is 17.6 Å². The summed E-state index contributed by atoms with van der Waals surface area (Å²) in [7, 11) is 0. The van der Waals surface area contributed by atoms with Crippen LogP contribution in [0.1, 0.15) is 29.7 Å². The van der Waals surface area contributed by atoms with Crippen LogP contribution in [0.2, 0.25) is 5.02 Å². The van der Waals surface area contributed by atoms with Crippen LogP contribution < -0.4 is 4.74 Å². The van der Waals surface area contributed by atoms with Gasteiger partial charge in [0.05, 0.1) is 13.2 Å². The van der Waals surface area contributed by atoms with Crippen LogP contribution in [0.3, 0.4) is 0 Å². The number of benzene rings is 2. The number of halogens is 1. The highest BCUT2D eigenvalue weighted by atomic mass is 35.5. The molecule has 2 aromatic carbocycles. The third-order valence-electron chi connectivity index (χ3n) is 5.46. The Hall–Kier alpha value is -2.15. The second-order valence-corrected chi connectivity index (χ2v) is 8.16.